The number of amides is 1. The molecule has 1 aliphatic rings. The zero-order valence-corrected chi connectivity index (χ0v) is 16.6. The van der Waals surface area contributed by atoms with Crippen molar-refractivity contribution in [2.24, 2.45) is 0 Å². The van der Waals surface area contributed by atoms with Gasteiger partial charge in [-0.15, -0.1) is 0 Å². The van der Waals surface area contributed by atoms with Crippen LogP contribution in [0.1, 0.15) is 29.3 Å². The molecule has 7 heteroatoms. The van der Waals surface area contributed by atoms with E-state index in [1.165, 1.54) is 29.8 Å². The number of rotatable bonds is 8. The Morgan fingerprint density at radius 1 is 1.20 bits per heavy atom. The number of carbonyl (C=O) groups is 1. The highest BCUT2D eigenvalue weighted by molar-refractivity contribution is 5.76. The van der Waals surface area contributed by atoms with E-state index in [1.54, 1.807) is 0 Å². The number of nitrogens with zero attached hydrogens (tertiary/aromatic N) is 2. The van der Waals surface area contributed by atoms with E-state index in [-0.39, 0.29) is 30.9 Å². The summed E-state index contributed by atoms with van der Waals surface area (Å²) >= 11 is 0. The van der Waals surface area contributed by atoms with Crippen LogP contribution in [-0.4, -0.2) is 35.4 Å². The van der Waals surface area contributed by atoms with Gasteiger partial charge >= 0.3 is 0 Å². The topological polar surface area (TPSA) is 65.4 Å². The molecule has 2 heterocycles. The van der Waals surface area contributed by atoms with Crippen LogP contribution in [0.3, 0.4) is 0 Å². The van der Waals surface area contributed by atoms with Crippen LogP contribution in [0.2, 0.25) is 0 Å². The summed E-state index contributed by atoms with van der Waals surface area (Å²) < 4.78 is 26.1. The smallest absolute Gasteiger partial charge is 0.223 e. The molecule has 1 atom stereocenters. The molecule has 3 aromatic rings. The average Bonchev–Trinajstić information content (AvgIpc) is 3.17. The van der Waals surface area contributed by atoms with Gasteiger partial charge in [0.2, 0.25) is 5.91 Å². The van der Waals surface area contributed by atoms with E-state index in [0.29, 0.717) is 25.4 Å². The predicted octanol–water partition coefficient (Wildman–Crippen LogP) is 3.27. The highest BCUT2D eigenvalue weighted by Crippen LogP contribution is 2.25. The van der Waals surface area contributed by atoms with Crippen LogP contribution in [-0.2, 0) is 22.5 Å². The number of benzene rings is 2. The summed E-state index contributed by atoms with van der Waals surface area (Å²) in [6.07, 6.45) is 2.84. The van der Waals surface area contributed by atoms with Gasteiger partial charge in [-0.1, -0.05) is 30.3 Å². The number of hydrogen-bond acceptors (Lipinski definition) is 4. The van der Waals surface area contributed by atoms with Gasteiger partial charge in [-0.25, -0.2) is 4.39 Å². The Labute approximate surface area is 174 Å². The Balaban J connectivity index is 1.27. The molecule has 0 bridgehead atoms. The molecule has 30 heavy (non-hydrogen) atoms. The van der Waals surface area contributed by atoms with Crippen LogP contribution in [0, 0.1) is 5.82 Å². The molecule has 2 aromatic carbocycles. The van der Waals surface area contributed by atoms with Gasteiger partial charge in [0.25, 0.3) is 0 Å². The average molecular weight is 409 g/mol. The van der Waals surface area contributed by atoms with Crippen molar-refractivity contribution < 1.29 is 18.7 Å². The summed E-state index contributed by atoms with van der Waals surface area (Å²) in [6, 6.07) is 15.9. The van der Waals surface area contributed by atoms with E-state index in [4.69, 9.17) is 14.6 Å². The van der Waals surface area contributed by atoms with Crippen LogP contribution >= 0.6 is 0 Å². The van der Waals surface area contributed by atoms with E-state index in [1.807, 2.05) is 22.9 Å². The largest absolute Gasteiger partial charge is 0.493 e. The third-order valence-electron chi connectivity index (χ3n) is 4.95. The lowest BCUT2D eigenvalue weighted by Crippen LogP contribution is -2.32. The summed E-state index contributed by atoms with van der Waals surface area (Å²) in [4.78, 5) is 12.2. The molecular formula is C23H24FN3O3. The summed E-state index contributed by atoms with van der Waals surface area (Å²) in [5, 5.41) is 7.59. The van der Waals surface area contributed by atoms with Gasteiger partial charge in [0, 0.05) is 12.7 Å². The molecule has 0 fully saturated rings. The third kappa shape index (κ3) is 5.24. The number of aromatic nitrogens is 2. The van der Waals surface area contributed by atoms with Crippen molar-refractivity contribution in [2.75, 3.05) is 19.8 Å². The minimum absolute atomic E-state index is 0.128. The molecule has 0 saturated carbocycles. The number of hydrogen-bond donors (Lipinski definition) is 1. The normalized spacial score (nSPS) is 15.4. The highest BCUT2D eigenvalue weighted by atomic mass is 19.1. The van der Waals surface area contributed by atoms with Gasteiger partial charge in [-0.2, -0.15) is 5.10 Å². The van der Waals surface area contributed by atoms with Crippen molar-refractivity contribution in [3.05, 3.63) is 83.4 Å². The Hall–Kier alpha value is -3.19. The molecule has 0 radical (unpaired) electrons. The monoisotopic (exact) mass is 409 g/mol. The Morgan fingerprint density at radius 3 is 2.80 bits per heavy atom. The molecule has 156 valence electrons. The SMILES string of the molecule is O=C(CCOc1ccc(F)cc1)NC[C@H]1OCCc2cn(Cc3ccccc3)nc21. The van der Waals surface area contributed by atoms with Crippen LogP contribution in [0.4, 0.5) is 4.39 Å². The Bertz CT molecular complexity index is 973. The predicted molar refractivity (Wildman–Crippen MR) is 110 cm³/mol. The van der Waals surface area contributed by atoms with Crippen LogP contribution < -0.4 is 10.1 Å². The van der Waals surface area contributed by atoms with Gasteiger partial charge in [-0.05, 0) is 41.8 Å². The summed E-state index contributed by atoms with van der Waals surface area (Å²) in [6.45, 7) is 1.90. The number of halogens is 1. The van der Waals surface area contributed by atoms with Gasteiger partial charge < -0.3 is 14.8 Å². The number of ether oxygens (including phenoxy) is 2. The van der Waals surface area contributed by atoms with Crippen molar-refractivity contribution in [3.8, 4) is 5.75 Å². The number of nitrogens with one attached hydrogen (secondary N) is 1. The number of fused-ring (bicyclic) bond motifs is 1. The summed E-state index contributed by atoms with van der Waals surface area (Å²) in [5.41, 5.74) is 3.24. The third-order valence-corrected chi connectivity index (χ3v) is 4.95. The molecule has 0 saturated heterocycles. The van der Waals surface area contributed by atoms with Crippen molar-refractivity contribution in [3.63, 3.8) is 0 Å². The second-order valence-corrected chi connectivity index (χ2v) is 7.19. The van der Waals surface area contributed by atoms with Crippen molar-refractivity contribution >= 4 is 5.91 Å². The first kappa shape index (κ1) is 20.1. The first-order valence-corrected chi connectivity index (χ1v) is 10.0. The van der Waals surface area contributed by atoms with Crippen LogP contribution in [0.15, 0.2) is 60.8 Å². The summed E-state index contributed by atoms with van der Waals surface area (Å²) in [7, 11) is 0. The maximum Gasteiger partial charge on any atom is 0.223 e. The molecule has 1 amide bonds. The van der Waals surface area contributed by atoms with E-state index in [2.05, 4.69) is 23.6 Å². The van der Waals surface area contributed by atoms with Gasteiger partial charge in [0.1, 0.15) is 17.7 Å². The first-order valence-electron chi connectivity index (χ1n) is 10.0. The van der Waals surface area contributed by atoms with Crippen LogP contribution in [0.25, 0.3) is 0 Å². The van der Waals surface area contributed by atoms with E-state index in [9.17, 15) is 9.18 Å². The van der Waals surface area contributed by atoms with E-state index in [0.717, 1.165) is 17.7 Å². The molecule has 1 aliphatic heterocycles. The van der Waals surface area contributed by atoms with Crippen LogP contribution in [0.5, 0.6) is 5.75 Å². The fraction of sp³-hybridized carbons (Fsp3) is 0.304. The molecule has 0 spiro atoms. The maximum absolute atomic E-state index is 12.9. The zero-order chi connectivity index (χ0) is 20.8. The van der Waals surface area contributed by atoms with E-state index >= 15 is 0 Å². The Morgan fingerprint density at radius 2 is 2.00 bits per heavy atom. The van der Waals surface area contributed by atoms with Crippen molar-refractivity contribution in [1.82, 2.24) is 15.1 Å². The molecular weight excluding hydrogens is 385 g/mol. The van der Waals surface area contributed by atoms with Gasteiger partial charge in [-0.3, -0.25) is 9.48 Å². The van der Waals surface area contributed by atoms with Crippen molar-refractivity contribution in [1.29, 1.82) is 0 Å². The molecule has 0 aliphatic carbocycles. The highest BCUT2D eigenvalue weighted by Gasteiger charge is 2.25. The minimum Gasteiger partial charge on any atom is -0.493 e. The van der Waals surface area contributed by atoms with E-state index < -0.39 is 0 Å². The molecule has 1 N–H and O–H groups in total. The number of carbonyl (C=O) groups excluding carboxylic acids is 1. The second-order valence-electron chi connectivity index (χ2n) is 7.19. The second kappa shape index (κ2) is 9.54. The Kier molecular flexibility index (Phi) is 6.39. The molecule has 4 rings (SSSR count). The minimum atomic E-state index is -0.321. The lowest BCUT2D eigenvalue weighted by Gasteiger charge is -2.22. The fourth-order valence-corrected chi connectivity index (χ4v) is 3.43. The van der Waals surface area contributed by atoms with Gasteiger partial charge in [0.05, 0.1) is 31.9 Å². The molecule has 6 nitrogen and oxygen atoms in total. The van der Waals surface area contributed by atoms with Gasteiger partial charge in [0.15, 0.2) is 0 Å². The maximum atomic E-state index is 12.9. The summed E-state index contributed by atoms with van der Waals surface area (Å²) in [5.74, 6) is 0.0862. The molecule has 0 unspecified atom stereocenters. The fourth-order valence-electron chi connectivity index (χ4n) is 3.43. The quantitative estimate of drug-likeness (QED) is 0.620. The van der Waals surface area contributed by atoms with Crippen molar-refractivity contribution in [2.45, 2.75) is 25.5 Å². The zero-order valence-electron chi connectivity index (χ0n) is 16.6. The first-order chi connectivity index (χ1) is 14.7. The lowest BCUT2D eigenvalue weighted by atomic mass is 10.1. The lowest BCUT2D eigenvalue weighted by molar-refractivity contribution is -0.122. The molecule has 1 aromatic heterocycles. The standard InChI is InChI=1S/C23H24FN3O3/c24-19-6-8-20(9-7-19)29-13-11-22(28)25-14-21-23-18(10-12-30-21)16-27(26-23)15-17-4-2-1-3-5-17/h1-9,16,21H,10-15H2,(H,25,28)/t21-/m1/s1.